The molecule has 4 aromatic rings. The van der Waals surface area contributed by atoms with Crippen molar-refractivity contribution >= 4 is 22.8 Å². The number of carbonyl (C=O) groups excluding carboxylic acids is 2. The molecule has 3 N–H and O–H groups in total. The van der Waals surface area contributed by atoms with Gasteiger partial charge in [-0.05, 0) is 37.5 Å². The molecule has 0 saturated carbocycles. The predicted octanol–water partition coefficient (Wildman–Crippen LogP) is 3.21. The number of nitrogens with zero attached hydrogens (tertiary/aromatic N) is 2. The van der Waals surface area contributed by atoms with Gasteiger partial charge in [0.2, 0.25) is 5.43 Å². The molecule has 0 spiro atoms. The van der Waals surface area contributed by atoms with Gasteiger partial charge >= 0.3 is 0 Å². The molecular weight excluding hydrogens is 430 g/mol. The third-order valence-corrected chi connectivity index (χ3v) is 5.69. The summed E-state index contributed by atoms with van der Waals surface area (Å²) in [5.74, 6) is -0.498. The zero-order chi connectivity index (χ0) is 24.1. The summed E-state index contributed by atoms with van der Waals surface area (Å²) in [6.07, 6.45) is 4.65. The first-order chi connectivity index (χ1) is 16.5. The minimum Gasteiger partial charge on any atom is -0.355 e. The number of fused-ring (bicyclic) bond motifs is 1. The Morgan fingerprint density at radius 1 is 1.00 bits per heavy atom. The van der Waals surface area contributed by atoms with Crippen molar-refractivity contribution in [1.29, 1.82) is 0 Å². The van der Waals surface area contributed by atoms with Gasteiger partial charge in [-0.2, -0.15) is 0 Å². The van der Waals surface area contributed by atoms with E-state index in [1.807, 2.05) is 42.5 Å². The third kappa shape index (κ3) is 5.06. The van der Waals surface area contributed by atoms with Crippen LogP contribution in [0, 0.1) is 0 Å². The van der Waals surface area contributed by atoms with Gasteiger partial charge in [0, 0.05) is 26.0 Å². The van der Waals surface area contributed by atoms with Crippen LogP contribution in [0.2, 0.25) is 0 Å². The highest BCUT2D eigenvalue weighted by Crippen LogP contribution is 2.16. The molecule has 1 atom stereocenters. The van der Waals surface area contributed by atoms with E-state index < -0.39 is 23.3 Å². The first-order valence-electron chi connectivity index (χ1n) is 11.2. The van der Waals surface area contributed by atoms with Crippen LogP contribution in [0.5, 0.6) is 0 Å². The summed E-state index contributed by atoms with van der Waals surface area (Å²) in [6, 6.07) is 17.2. The number of rotatable bonds is 8. The number of hydrogen-bond acceptors (Lipinski definition) is 4. The number of nitrogens with one attached hydrogen (secondary N) is 3. The van der Waals surface area contributed by atoms with E-state index in [4.69, 9.17) is 0 Å². The molecule has 0 fully saturated rings. The first-order valence-corrected chi connectivity index (χ1v) is 11.2. The summed E-state index contributed by atoms with van der Waals surface area (Å²) < 4.78 is 1.73. The van der Waals surface area contributed by atoms with E-state index in [0.717, 1.165) is 23.9 Å². The summed E-state index contributed by atoms with van der Waals surface area (Å²) >= 11 is 0. The summed E-state index contributed by atoms with van der Waals surface area (Å²) in [7, 11) is 1.46. The van der Waals surface area contributed by atoms with Gasteiger partial charge in [0.05, 0.1) is 17.1 Å². The molecule has 0 aliphatic carbocycles. The molecule has 0 aliphatic rings. The Morgan fingerprint density at radius 2 is 1.68 bits per heavy atom. The van der Waals surface area contributed by atoms with Crippen molar-refractivity contribution in [1.82, 2.24) is 25.2 Å². The molecule has 0 radical (unpaired) electrons. The first kappa shape index (κ1) is 23.0. The lowest BCUT2D eigenvalue weighted by atomic mass is 10.1. The van der Waals surface area contributed by atoms with E-state index in [0.29, 0.717) is 12.4 Å². The second-order valence-corrected chi connectivity index (χ2v) is 8.16. The topological polar surface area (TPSA) is 109 Å². The number of H-pyrrole nitrogens is 1. The summed E-state index contributed by atoms with van der Waals surface area (Å²) in [4.78, 5) is 46.1. The lowest BCUT2D eigenvalue weighted by Gasteiger charge is -2.14. The standard InChI is InChI=1S/C26H27N5O3/c1-17(24-29-21-12-6-7-13-22(21)30-24)28-26(34)20-16-31(15-19(23(20)32)25(33)27-2)14-8-11-18-9-4-3-5-10-18/h3-7,9-10,12-13,15-17H,8,11,14H2,1-2H3,(H,27,33)(H,28,34)(H,29,30)/t17-/m0/s1. The third-order valence-electron chi connectivity index (χ3n) is 5.69. The molecule has 0 saturated heterocycles. The second kappa shape index (κ2) is 10.2. The minimum atomic E-state index is -0.604. The van der Waals surface area contributed by atoms with Gasteiger partial charge in [0.25, 0.3) is 11.8 Å². The summed E-state index contributed by atoms with van der Waals surface area (Å²) in [5.41, 5.74) is 2.11. The number of carbonyl (C=O) groups is 2. The van der Waals surface area contributed by atoms with Crippen LogP contribution in [0.1, 0.15) is 51.5 Å². The molecule has 4 rings (SSSR count). The molecule has 2 amide bonds. The summed E-state index contributed by atoms with van der Waals surface area (Å²) in [6.45, 7) is 2.34. The maximum atomic E-state index is 13.1. The van der Waals surface area contributed by atoms with Crippen LogP contribution in [0.4, 0.5) is 0 Å². The molecule has 34 heavy (non-hydrogen) atoms. The highest BCUT2D eigenvalue weighted by atomic mass is 16.2. The number of amides is 2. The van der Waals surface area contributed by atoms with Crippen molar-refractivity contribution in [2.24, 2.45) is 0 Å². The van der Waals surface area contributed by atoms with Gasteiger partial charge in [-0.1, -0.05) is 42.5 Å². The Kier molecular flexibility index (Phi) is 6.87. The molecule has 2 aromatic heterocycles. The van der Waals surface area contributed by atoms with Crippen molar-refractivity contribution in [3.63, 3.8) is 0 Å². The van der Waals surface area contributed by atoms with Gasteiger partial charge in [0.15, 0.2) is 0 Å². The van der Waals surface area contributed by atoms with E-state index in [1.54, 1.807) is 11.5 Å². The number of aryl methyl sites for hydroxylation is 2. The van der Waals surface area contributed by atoms with Gasteiger partial charge in [-0.25, -0.2) is 4.98 Å². The molecule has 0 unspecified atom stereocenters. The lowest BCUT2D eigenvalue weighted by Crippen LogP contribution is -2.35. The Morgan fingerprint density at radius 3 is 2.38 bits per heavy atom. The lowest BCUT2D eigenvalue weighted by molar-refractivity contribution is 0.0936. The van der Waals surface area contributed by atoms with Gasteiger partial charge in [0.1, 0.15) is 17.0 Å². The highest BCUT2D eigenvalue weighted by molar-refractivity contribution is 5.99. The fourth-order valence-corrected chi connectivity index (χ4v) is 3.85. The molecule has 0 bridgehead atoms. The van der Waals surface area contributed by atoms with E-state index in [9.17, 15) is 14.4 Å². The van der Waals surface area contributed by atoms with Crippen molar-refractivity contribution in [3.8, 4) is 0 Å². The van der Waals surface area contributed by atoms with E-state index >= 15 is 0 Å². The Bertz CT molecular complexity index is 1340. The SMILES string of the molecule is CNC(=O)c1cn(CCCc2ccccc2)cc(C(=O)N[C@@H](C)c2nc3ccccc3[nH]2)c1=O. The number of aromatic nitrogens is 3. The smallest absolute Gasteiger partial charge is 0.257 e. The van der Waals surface area contributed by atoms with Crippen LogP contribution < -0.4 is 16.1 Å². The zero-order valence-electron chi connectivity index (χ0n) is 19.2. The molecule has 0 aliphatic heterocycles. The minimum absolute atomic E-state index is 0.0637. The van der Waals surface area contributed by atoms with Crippen molar-refractivity contribution in [2.45, 2.75) is 32.4 Å². The number of aromatic amines is 1. The summed E-state index contributed by atoms with van der Waals surface area (Å²) in [5, 5.41) is 5.31. The maximum Gasteiger partial charge on any atom is 0.257 e. The van der Waals surface area contributed by atoms with Gasteiger partial charge < -0.3 is 20.2 Å². The quantitative estimate of drug-likeness (QED) is 0.377. The van der Waals surface area contributed by atoms with Crippen LogP contribution in [0.25, 0.3) is 11.0 Å². The molecule has 8 nitrogen and oxygen atoms in total. The number of para-hydroxylation sites is 2. The van der Waals surface area contributed by atoms with Crippen molar-refractivity contribution in [2.75, 3.05) is 7.05 Å². The number of hydrogen-bond donors (Lipinski definition) is 3. The number of pyridine rings is 1. The largest absolute Gasteiger partial charge is 0.355 e. The Balaban J connectivity index is 1.55. The molecular formula is C26H27N5O3. The van der Waals surface area contributed by atoms with Crippen molar-refractivity contribution in [3.05, 3.63) is 99.7 Å². The van der Waals surface area contributed by atoms with Crippen LogP contribution >= 0.6 is 0 Å². The maximum absolute atomic E-state index is 13.1. The zero-order valence-corrected chi connectivity index (χ0v) is 19.2. The van der Waals surface area contributed by atoms with Gasteiger partial charge in [-0.15, -0.1) is 0 Å². The number of imidazole rings is 1. The predicted molar refractivity (Wildman–Crippen MR) is 131 cm³/mol. The fourth-order valence-electron chi connectivity index (χ4n) is 3.85. The number of benzene rings is 2. The van der Waals surface area contributed by atoms with E-state index in [1.165, 1.54) is 25.0 Å². The highest BCUT2D eigenvalue weighted by Gasteiger charge is 2.21. The van der Waals surface area contributed by atoms with Gasteiger partial charge in [-0.3, -0.25) is 14.4 Å². The Hall–Kier alpha value is -4.20. The molecule has 174 valence electrons. The molecule has 8 heteroatoms. The normalized spacial score (nSPS) is 11.8. The van der Waals surface area contributed by atoms with Crippen LogP contribution in [-0.4, -0.2) is 33.4 Å². The van der Waals surface area contributed by atoms with E-state index in [2.05, 4.69) is 32.7 Å². The monoisotopic (exact) mass is 457 g/mol. The molecule has 2 heterocycles. The average Bonchev–Trinajstić information content (AvgIpc) is 3.29. The average molecular weight is 458 g/mol. The Labute approximate surface area is 197 Å². The van der Waals surface area contributed by atoms with E-state index in [-0.39, 0.29) is 11.1 Å². The van der Waals surface area contributed by atoms with Crippen LogP contribution in [0.15, 0.2) is 71.8 Å². The van der Waals surface area contributed by atoms with Crippen LogP contribution in [0.3, 0.4) is 0 Å². The van der Waals surface area contributed by atoms with Crippen molar-refractivity contribution < 1.29 is 9.59 Å². The van der Waals surface area contributed by atoms with Crippen LogP contribution in [-0.2, 0) is 13.0 Å². The fraction of sp³-hybridized carbons (Fsp3) is 0.231. The second-order valence-electron chi connectivity index (χ2n) is 8.16. The molecule has 2 aromatic carbocycles.